The Kier molecular flexibility index (Phi) is 12.0. The molecule has 19 atom stereocenters. The van der Waals surface area contributed by atoms with Crippen molar-refractivity contribution in [3.05, 3.63) is 48.6 Å². The molecule has 2 aliphatic heterocycles. The van der Waals surface area contributed by atoms with Crippen molar-refractivity contribution in [3.63, 3.8) is 0 Å². The van der Waals surface area contributed by atoms with Gasteiger partial charge in [0.1, 0.15) is 0 Å². The fraction of sp³-hybridized carbons (Fsp3) is 0.862. The Balaban J connectivity index is 0.896. The fourth-order valence-electron chi connectivity index (χ4n) is 19.2. The molecule has 0 spiro atoms. The van der Waals surface area contributed by atoms with Gasteiger partial charge in [-0.1, -0.05) is 101 Å². The summed E-state index contributed by atoms with van der Waals surface area (Å²) in [4.78, 5) is 3.14. The summed E-state index contributed by atoms with van der Waals surface area (Å²) >= 11 is 0. The van der Waals surface area contributed by atoms with Crippen molar-refractivity contribution in [2.75, 3.05) is 7.05 Å². The van der Waals surface area contributed by atoms with E-state index < -0.39 is 0 Å². The van der Waals surface area contributed by atoms with Gasteiger partial charge in [0, 0.05) is 12.1 Å². The molecule has 11 rings (SSSR count). The molecule has 11 aliphatic rings. The van der Waals surface area contributed by atoms with E-state index in [1.54, 1.807) is 0 Å². The first-order valence-corrected chi connectivity index (χ1v) is 27.4. The van der Waals surface area contributed by atoms with E-state index >= 15 is 0 Å². The van der Waals surface area contributed by atoms with Crippen LogP contribution < -0.4 is 0 Å². The first-order chi connectivity index (χ1) is 29.4. The lowest BCUT2D eigenvalue weighted by Gasteiger charge is -2.60. The largest absolute Gasteiger partial charge is 0.374 e. The molecule has 7 fully saturated rings. The van der Waals surface area contributed by atoms with Gasteiger partial charge >= 0.3 is 0 Å². The summed E-state index contributed by atoms with van der Waals surface area (Å²) < 4.78 is 7.17. The molecular weight excluding hydrogens is 727 g/mol. The Morgan fingerprint density at radius 2 is 1.22 bits per heavy atom. The highest BCUT2D eigenvalue weighted by atomic mass is 16.5. The third kappa shape index (κ3) is 7.60. The molecule has 0 radical (unpaired) electrons. The number of likely N-dealkylation sites (tertiary alicyclic amines) is 1. The van der Waals surface area contributed by atoms with Crippen molar-refractivity contribution in [2.45, 2.75) is 212 Å². The number of piperidine rings is 1. The fourth-order valence-corrected chi connectivity index (χ4v) is 19.2. The third-order valence-electron chi connectivity index (χ3n) is 22.3. The van der Waals surface area contributed by atoms with E-state index in [2.05, 4.69) is 74.4 Å². The van der Waals surface area contributed by atoms with E-state index in [1.807, 2.05) is 0 Å². The van der Waals surface area contributed by atoms with Crippen LogP contribution in [0.5, 0.6) is 0 Å². The Labute approximate surface area is 369 Å². The molecule has 0 aromatic carbocycles. The van der Waals surface area contributed by atoms with Gasteiger partial charge in [0.05, 0.1) is 12.2 Å². The monoisotopic (exact) mass is 816 g/mol. The SMILES string of the molecule is CN1C(C2CCCCC2)CC(C2CC=CC(C3CCCC4C5CCCCC5OC34)C2)CC1C1CC(C2CC3C=CCCC3C3CCC=CC23)CC(C)(C2(C)C=CCCC2)C1. The quantitative estimate of drug-likeness (QED) is 0.248. The van der Waals surface area contributed by atoms with Crippen LogP contribution in [-0.2, 0) is 4.74 Å². The molecule has 2 saturated heterocycles. The average molecular weight is 816 g/mol. The van der Waals surface area contributed by atoms with Crippen LogP contribution >= 0.6 is 0 Å². The van der Waals surface area contributed by atoms with Crippen LogP contribution in [-0.4, -0.2) is 36.2 Å². The second-order valence-electron chi connectivity index (χ2n) is 25.0. The third-order valence-corrected chi connectivity index (χ3v) is 22.3. The van der Waals surface area contributed by atoms with Crippen molar-refractivity contribution in [1.29, 1.82) is 0 Å². The summed E-state index contributed by atoms with van der Waals surface area (Å²) in [6.07, 6.45) is 61.6. The van der Waals surface area contributed by atoms with Crippen molar-refractivity contribution >= 4 is 0 Å². The molecule has 0 bridgehead atoms. The number of rotatable bonds is 6. The van der Waals surface area contributed by atoms with Gasteiger partial charge in [0.2, 0.25) is 0 Å². The molecular formula is C58H89NO. The molecule has 2 nitrogen and oxygen atoms in total. The first kappa shape index (κ1) is 41.6. The molecule has 60 heavy (non-hydrogen) atoms. The molecule has 0 aromatic heterocycles. The van der Waals surface area contributed by atoms with Crippen LogP contribution in [0.25, 0.3) is 0 Å². The van der Waals surface area contributed by atoms with Gasteiger partial charge in [-0.3, -0.25) is 4.90 Å². The molecule has 5 saturated carbocycles. The van der Waals surface area contributed by atoms with Gasteiger partial charge in [0.25, 0.3) is 0 Å². The number of allylic oxidation sites excluding steroid dienone is 8. The number of nitrogens with zero attached hydrogens (tertiary/aromatic N) is 1. The lowest BCUT2D eigenvalue weighted by Crippen LogP contribution is -2.57. The zero-order chi connectivity index (χ0) is 40.4. The maximum absolute atomic E-state index is 7.17. The Hall–Kier alpha value is -1.12. The smallest absolute Gasteiger partial charge is 0.0644 e. The maximum Gasteiger partial charge on any atom is 0.0644 e. The molecule has 19 unspecified atom stereocenters. The minimum absolute atomic E-state index is 0.334. The predicted octanol–water partition coefficient (Wildman–Crippen LogP) is 15.0. The van der Waals surface area contributed by atoms with Crippen LogP contribution in [0, 0.1) is 93.7 Å². The van der Waals surface area contributed by atoms with Gasteiger partial charge in [-0.05, 0) is 236 Å². The summed E-state index contributed by atoms with van der Waals surface area (Å²) in [6.45, 7) is 5.58. The molecule has 2 heteroatoms. The van der Waals surface area contributed by atoms with Gasteiger partial charge in [0.15, 0.2) is 0 Å². The van der Waals surface area contributed by atoms with Crippen LogP contribution in [0.2, 0.25) is 0 Å². The standard InChI is InChI=1S/C58H89NO/c1-57(30-14-5-15-31-57)58(2)37-44(52-34-42-20-8-9-23-46(42)48-24-10-11-25-49(48)52)33-45(38-58)54-36-43(35-53(59(54)3)39-18-6-4-7-19-39)40-21-16-22-41(32-40)47-27-17-28-51-50-26-12-13-29-55(50)60-56(47)51/h8,11,14,16,20,22,25,30,39-56H,4-7,9-10,12-13,15,17-19,21,23-24,26-29,31-38H2,1-3H3. The minimum Gasteiger partial charge on any atom is -0.374 e. The molecule has 332 valence electrons. The molecule has 2 heterocycles. The second kappa shape index (κ2) is 17.4. The van der Waals surface area contributed by atoms with Gasteiger partial charge < -0.3 is 4.74 Å². The van der Waals surface area contributed by atoms with Crippen molar-refractivity contribution in [3.8, 4) is 0 Å². The van der Waals surface area contributed by atoms with E-state index in [0.717, 1.165) is 94.9 Å². The van der Waals surface area contributed by atoms with Gasteiger partial charge in [-0.2, -0.15) is 0 Å². The minimum atomic E-state index is 0.334. The van der Waals surface area contributed by atoms with Crippen molar-refractivity contribution < 1.29 is 4.74 Å². The number of hydrogen-bond acceptors (Lipinski definition) is 2. The van der Waals surface area contributed by atoms with E-state index in [0.29, 0.717) is 23.0 Å². The highest BCUT2D eigenvalue weighted by molar-refractivity contribution is 5.16. The lowest BCUT2D eigenvalue weighted by molar-refractivity contribution is -0.0861. The molecule has 0 aromatic rings. The van der Waals surface area contributed by atoms with Crippen molar-refractivity contribution in [1.82, 2.24) is 4.90 Å². The van der Waals surface area contributed by atoms with Crippen molar-refractivity contribution in [2.24, 2.45) is 93.7 Å². The van der Waals surface area contributed by atoms with Crippen LogP contribution in [0.15, 0.2) is 48.6 Å². The highest BCUT2D eigenvalue weighted by Crippen LogP contribution is 2.63. The zero-order valence-electron chi connectivity index (χ0n) is 39.0. The average Bonchev–Trinajstić information content (AvgIpc) is 3.68. The normalized spacial score (nSPS) is 52.3. The summed E-state index contributed by atoms with van der Waals surface area (Å²) in [5, 5.41) is 0. The summed E-state index contributed by atoms with van der Waals surface area (Å²) in [5.41, 5.74) is 0.716. The Morgan fingerprint density at radius 3 is 2.07 bits per heavy atom. The number of hydrogen-bond donors (Lipinski definition) is 0. The Bertz CT molecular complexity index is 1600. The first-order valence-electron chi connectivity index (χ1n) is 27.4. The molecule has 9 aliphatic carbocycles. The van der Waals surface area contributed by atoms with Crippen LogP contribution in [0.4, 0.5) is 0 Å². The molecule has 0 N–H and O–H groups in total. The summed E-state index contributed by atoms with van der Waals surface area (Å²) in [7, 11) is 2.68. The number of ether oxygens (including phenoxy) is 1. The number of fused-ring (bicyclic) bond motifs is 6. The Morgan fingerprint density at radius 1 is 0.500 bits per heavy atom. The zero-order valence-corrected chi connectivity index (χ0v) is 39.0. The maximum atomic E-state index is 7.17. The highest BCUT2D eigenvalue weighted by Gasteiger charge is 2.56. The van der Waals surface area contributed by atoms with Crippen LogP contribution in [0.1, 0.15) is 187 Å². The van der Waals surface area contributed by atoms with E-state index in [-0.39, 0.29) is 0 Å². The molecule has 0 amide bonds. The van der Waals surface area contributed by atoms with E-state index in [9.17, 15) is 0 Å². The lowest BCUT2D eigenvalue weighted by atomic mass is 9.47. The van der Waals surface area contributed by atoms with E-state index in [1.165, 1.54) is 173 Å². The second-order valence-corrected chi connectivity index (χ2v) is 25.0. The summed E-state index contributed by atoms with van der Waals surface area (Å²) in [6, 6.07) is 1.55. The van der Waals surface area contributed by atoms with Crippen LogP contribution in [0.3, 0.4) is 0 Å². The van der Waals surface area contributed by atoms with Gasteiger partial charge in [-0.15, -0.1) is 0 Å². The van der Waals surface area contributed by atoms with Gasteiger partial charge in [-0.25, -0.2) is 0 Å². The predicted molar refractivity (Wildman–Crippen MR) is 250 cm³/mol. The van der Waals surface area contributed by atoms with E-state index in [4.69, 9.17) is 4.74 Å². The topological polar surface area (TPSA) is 12.5 Å². The summed E-state index contributed by atoms with van der Waals surface area (Å²) in [5.74, 6) is 12.1.